The predicted octanol–water partition coefficient (Wildman–Crippen LogP) is 2.29. The van der Waals surface area contributed by atoms with Crippen LogP contribution in [0.25, 0.3) is 11.1 Å². The number of rotatable bonds is 7. The zero-order chi connectivity index (χ0) is 25.7. The molecule has 8 heteroatoms. The summed E-state index contributed by atoms with van der Waals surface area (Å²) in [7, 11) is 0. The Morgan fingerprint density at radius 3 is 2.47 bits per heavy atom. The van der Waals surface area contributed by atoms with Gasteiger partial charge in [-0.05, 0) is 42.4 Å². The van der Waals surface area contributed by atoms with Gasteiger partial charge in [0.15, 0.2) is 0 Å². The summed E-state index contributed by atoms with van der Waals surface area (Å²) in [4.78, 5) is 28.1. The molecule has 0 aliphatic carbocycles. The lowest BCUT2D eigenvalue weighted by molar-refractivity contribution is -0.119. The highest BCUT2D eigenvalue weighted by atomic mass is 16.3. The number of benzene rings is 2. The number of aliphatic hydroxyl groups excluding tert-OH is 1. The molecule has 0 bridgehead atoms. The number of carbonyl (C=O) groups excluding carboxylic acids is 2. The summed E-state index contributed by atoms with van der Waals surface area (Å²) in [6.45, 7) is 3.56. The van der Waals surface area contributed by atoms with Gasteiger partial charge in [0.1, 0.15) is 0 Å². The van der Waals surface area contributed by atoms with Gasteiger partial charge in [-0.15, -0.1) is 0 Å². The van der Waals surface area contributed by atoms with Crippen LogP contribution in [0.2, 0.25) is 0 Å². The van der Waals surface area contributed by atoms with Crippen molar-refractivity contribution in [1.82, 2.24) is 15.1 Å². The zero-order valence-electron chi connectivity index (χ0n) is 21.0. The smallest absolute Gasteiger partial charge is 0.320 e. The van der Waals surface area contributed by atoms with Gasteiger partial charge in [-0.25, -0.2) is 4.79 Å². The standard InChI is InChI=1S/C28H38N4O4/c1-20(33)30-15-8-14-28(36,24-13-6-5-12-23(24)21-9-3-2-4-10-21)22-11-7-16-31(17-22)27(35)32-18-25(29)26(34)19-32/h2-6,9-10,12-13,22,25-26,34,36H,7-8,11,14-19,29H2,1H3,(H,30,33)/t22-,25-,26+,28+/m1/s1. The molecule has 2 heterocycles. The summed E-state index contributed by atoms with van der Waals surface area (Å²) >= 11 is 0. The van der Waals surface area contributed by atoms with E-state index < -0.39 is 17.7 Å². The first-order valence-corrected chi connectivity index (χ1v) is 12.9. The van der Waals surface area contributed by atoms with Crippen LogP contribution in [0.5, 0.6) is 0 Å². The molecule has 8 nitrogen and oxygen atoms in total. The molecule has 4 atom stereocenters. The fraction of sp³-hybridized carbons (Fsp3) is 0.500. The number of amides is 3. The molecule has 2 aliphatic heterocycles. The summed E-state index contributed by atoms with van der Waals surface area (Å²) < 4.78 is 0. The van der Waals surface area contributed by atoms with Gasteiger partial charge >= 0.3 is 6.03 Å². The van der Waals surface area contributed by atoms with E-state index in [0.717, 1.165) is 29.5 Å². The highest BCUT2D eigenvalue weighted by Crippen LogP contribution is 2.43. The van der Waals surface area contributed by atoms with Crippen molar-refractivity contribution in [3.05, 3.63) is 60.2 Å². The quantitative estimate of drug-likeness (QED) is 0.441. The molecule has 0 spiro atoms. The second kappa shape index (κ2) is 11.4. The summed E-state index contributed by atoms with van der Waals surface area (Å²) in [6, 6.07) is 17.4. The maximum Gasteiger partial charge on any atom is 0.320 e. The molecular formula is C28H38N4O4. The van der Waals surface area contributed by atoms with Gasteiger partial charge in [0.05, 0.1) is 11.7 Å². The topological polar surface area (TPSA) is 119 Å². The highest BCUT2D eigenvalue weighted by molar-refractivity contribution is 5.75. The van der Waals surface area contributed by atoms with Crippen molar-refractivity contribution in [1.29, 1.82) is 0 Å². The van der Waals surface area contributed by atoms with Crippen molar-refractivity contribution in [2.75, 3.05) is 32.7 Å². The van der Waals surface area contributed by atoms with Crippen molar-refractivity contribution in [3.8, 4) is 11.1 Å². The number of urea groups is 1. The number of nitrogens with zero attached hydrogens (tertiary/aromatic N) is 2. The molecule has 2 saturated heterocycles. The Kier molecular flexibility index (Phi) is 8.28. The lowest BCUT2D eigenvalue weighted by atomic mass is 9.72. The van der Waals surface area contributed by atoms with Crippen LogP contribution in [0.4, 0.5) is 4.79 Å². The Morgan fingerprint density at radius 1 is 1.06 bits per heavy atom. The number of β-amino-alcohol motifs (C(OH)–C–C–N with tert-alkyl or cyclic N) is 1. The Labute approximate surface area is 213 Å². The maximum absolute atomic E-state index is 13.3. The Morgan fingerprint density at radius 2 is 1.78 bits per heavy atom. The SMILES string of the molecule is CC(=O)NCCC[C@@](O)(c1ccccc1-c1ccccc1)[C@@H]1CCCN(C(=O)N2C[C@@H](N)[C@@H](O)C2)C1. The highest BCUT2D eigenvalue weighted by Gasteiger charge is 2.43. The minimum atomic E-state index is -1.19. The van der Waals surface area contributed by atoms with Gasteiger partial charge in [-0.3, -0.25) is 4.79 Å². The average Bonchev–Trinajstić information content (AvgIpc) is 3.24. The van der Waals surface area contributed by atoms with E-state index in [-0.39, 0.29) is 24.4 Å². The van der Waals surface area contributed by atoms with Crippen molar-refractivity contribution in [2.45, 2.75) is 50.4 Å². The van der Waals surface area contributed by atoms with Crippen molar-refractivity contribution < 1.29 is 19.8 Å². The van der Waals surface area contributed by atoms with Crippen molar-refractivity contribution in [2.24, 2.45) is 11.7 Å². The molecule has 4 rings (SSSR count). The Hall–Kier alpha value is -2.94. The summed E-state index contributed by atoms with van der Waals surface area (Å²) in [5.74, 6) is -0.276. The first-order valence-electron chi connectivity index (χ1n) is 12.9. The second-order valence-electron chi connectivity index (χ2n) is 10.1. The molecule has 0 unspecified atom stereocenters. The third-order valence-electron chi connectivity index (χ3n) is 7.56. The van der Waals surface area contributed by atoms with Gasteiger partial charge in [0, 0.05) is 51.6 Å². The number of carbonyl (C=O) groups is 2. The molecule has 2 fully saturated rings. The van der Waals surface area contributed by atoms with E-state index in [1.54, 1.807) is 9.80 Å². The minimum absolute atomic E-state index is 0.0938. The van der Waals surface area contributed by atoms with Crippen molar-refractivity contribution in [3.63, 3.8) is 0 Å². The minimum Gasteiger partial charge on any atom is -0.390 e. The normalized spacial score (nSPS) is 23.8. The number of piperidine rings is 1. The van der Waals surface area contributed by atoms with Gasteiger partial charge in [-0.1, -0.05) is 54.6 Å². The van der Waals surface area contributed by atoms with Gasteiger partial charge in [0.25, 0.3) is 0 Å². The van der Waals surface area contributed by atoms with Gasteiger partial charge in [-0.2, -0.15) is 0 Å². The average molecular weight is 495 g/mol. The largest absolute Gasteiger partial charge is 0.390 e. The number of nitrogens with one attached hydrogen (secondary N) is 1. The molecule has 194 valence electrons. The first-order chi connectivity index (χ1) is 17.3. The third kappa shape index (κ3) is 5.72. The molecule has 2 aromatic rings. The maximum atomic E-state index is 13.3. The Bertz CT molecular complexity index is 1040. The predicted molar refractivity (Wildman–Crippen MR) is 139 cm³/mol. The van der Waals surface area contributed by atoms with Crippen LogP contribution in [-0.4, -0.2) is 76.8 Å². The van der Waals surface area contributed by atoms with E-state index in [4.69, 9.17) is 5.73 Å². The monoisotopic (exact) mass is 494 g/mol. The van der Waals surface area contributed by atoms with E-state index in [0.29, 0.717) is 39.0 Å². The van der Waals surface area contributed by atoms with Crippen LogP contribution >= 0.6 is 0 Å². The summed E-state index contributed by atoms with van der Waals surface area (Å²) in [5.41, 5.74) is 7.59. The second-order valence-corrected chi connectivity index (χ2v) is 10.1. The number of hydrogen-bond acceptors (Lipinski definition) is 5. The molecule has 0 aromatic heterocycles. The molecule has 0 radical (unpaired) electrons. The summed E-state index contributed by atoms with van der Waals surface area (Å²) in [6.07, 6.45) is 1.91. The third-order valence-corrected chi connectivity index (χ3v) is 7.56. The summed E-state index contributed by atoms with van der Waals surface area (Å²) in [5, 5.41) is 25.3. The number of likely N-dealkylation sites (tertiary alicyclic amines) is 2. The lowest BCUT2D eigenvalue weighted by Crippen LogP contribution is -2.52. The van der Waals surface area contributed by atoms with E-state index in [1.807, 2.05) is 54.6 Å². The fourth-order valence-corrected chi connectivity index (χ4v) is 5.62. The fourth-order valence-electron chi connectivity index (χ4n) is 5.62. The number of nitrogens with two attached hydrogens (primary N) is 1. The first kappa shape index (κ1) is 26.1. The molecule has 36 heavy (non-hydrogen) atoms. The van der Waals surface area contributed by atoms with Crippen LogP contribution < -0.4 is 11.1 Å². The zero-order valence-corrected chi connectivity index (χ0v) is 21.0. The molecule has 2 aromatic carbocycles. The van der Waals surface area contributed by atoms with E-state index in [2.05, 4.69) is 5.32 Å². The van der Waals surface area contributed by atoms with Gasteiger partial charge in [0.2, 0.25) is 5.91 Å². The molecule has 0 saturated carbocycles. The van der Waals surface area contributed by atoms with E-state index >= 15 is 0 Å². The van der Waals surface area contributed by atoms with Crippen LogP contribution in [0.3, 0.4) is 0 Å². The Balaban J connectivity index is 1.62. The van der Waals surface area contributed by atoms with E-state index in [9.17, 15) is 19.8 Å². The molecular weight excluding hydrogens is 456 g/mol. The van der Waals surface area contributed by atoms with Crippen LogP contribution in [0, 0.1) is 5.92 Å². The van der Waals surface area contributed by atoms with Crippen molar-refractivity contribution >= 4 is 11.9 Å². The molecule has 5 N–H and O–H groups in total. The van der Waals surface area contributed by atoms with Crippen LogP contribution in [0.1, 0.15) is 38.2 Å². The lowest BCUT2D eigenvalue weighted by Gasteiger charge is -2.44. The molecule has 2 aliphatic rings. The number of aliphatic hydroxyl groups is 2. The van der Waals surface area contributed by atoms with Crippen LogP contribution in [-0.2, 0) is 10.4 Å². The molecule has 3 amide bonds. The van der Waals surface area contributed by atoms with Gasteiger partial charge < -0.3 is 31.1 Å². The number of hydrogen-bond donors (Lipinski definition) is 4. The van der Waals surface area contributed by atoms with Crippen LogP contribution in [0.15, 0.2) is 54.6 Å². The van der Waals surface area contributed by atoms with E-state index in [1.165, 1.54) is 6.92 Å².